The molecule has 0 aliphatic carbocycles. The highest BCUT2D eigenvalue weighted by atomic mass is 32.2. The molecule has 0 bridgehead atoms. The van der Waals surface area contributed by atoms with Crippen molar-refractivity contribution in [2.45, 2.75) is 17.4 Å². The Morgan fingerprint density at radius 2 is 1.90 bits per heavy atom. The van der Waals surface area contributed by atoms with Crippen LogP contribution in [0.2, 0.25) is 0 Å². The van der Waals surface area contributed by atoms with Gasteiger partial charge >= 0.3 is 0 Å². The Morgan fingerprint density at radius 3 is 2.60 bits per heavy atom. The summed E-state index contributed by atoms with van der Waals surface area (Å²) in [5, 5.41) is 0. The van der Waals surface area contributed by atoms with Gasteiger partial charge in [-0.15, -0.1) is 11.8 Å². The van der Waals surface area contributed by atoms with Gasteiger partial charge in [0.15, 0.2) is 0 Å². The second-order valence-corrected chi connectivity index (χ2v) is 5.72. The molecule has 3 N–H and O–H groups in total. The van der Waals surface area contributed by atoms with Crippen LogP contribution < -0.4 is 16.0 Å². The average Bonchev–Trinajstić information content (AvgIpc) is 2.96. The zero-order valence-corrected chi connectivity index (χ0v) is 12.2. The molecule has 2 aromatic carbocycles. The van der Waals surface area contributed by atoms with Gasteiger partial charge < -0.3 is 4.74 Å². The van der Waals surface area contributed by atoms with E-state index < -0.39 is 0 Å². The molecule has 0 saturated heterocycles. The maximum Gasteiger partial charge on any atom is 0.122 e. The second-order valence-electron chi connectivity index (χ2n) is 4.84. The molecule has 2 aromatic rings. The minimum absolute atomic E-state index is 0.0109. The first-order chi connectivity index (χ1) is 9.81. The number of hydrazine groups is 1. The fraction of sp³-hybridized carbons (Fsp3) is 0.250. The lowest BCUT2D eigenvalue weighted by atomic mass is 9.97. The minimum Gasteiger partial charge on any atom is -0.493 e. The standard InChI is InChI=1S/C16H18N2OS/c1-20-14-5-2-11(3-6-14)16(18-17)13-4-7-15-12(10-13)8-9-19-15/h2-7,10,16,18H,8-9,17H2,1H3. The summed E-state index contributed by atoms with van der Waals surface area (Å²) in [6, 6.07) is 14.8. The molecule has 1 aliphatic heterocycles. The lowest BCUT2D eigenvalue weighted by molar-refractivity contribution is 0.357. The van der Waals surface area contributed by atoms with Crippen molar-refractivity contribution in [2.24, 2.45) is 5.84 Å². The zero-order valence-electron chi connectivity index (χ0n) is 11.4. The number of thioether (sulfide) groups is 1. The van der Waals surface area contributed by atoms with Crippen LogP contribution in [0, 0.1) is 0 Å². The highest BCUT2D eigenvalue weighted by Gasteiger charge is 2.17. The van der Waals surface area contributed by atoms with Gasteiger partial charge in [-0.1, -0.05) is 24.3 Å². The van der Waals surface area contributed by atoms with Crippen molar-refractivity contribution in [2.75, 3.05) is 12.9 Å². The fourth-order valence-electron chi connectivity index (χ4n) is 2.57. The molecule has 3 nitrogen and oxygen atoms in total. The monoisotopic (exact) mass is 286 g/mol. The molecular weight excluding hydrogens is 268 g/mol. The van der Waals surface area contributed by atoms with Crippen molar-refractivity contribution < 1.29 is 4.74 Å². The van der Waals surface area contributed by atoms with E-state index in [0.29, 0.717) is 0 Å². The average molecular weight is 286 g/mol. The Morgan fingerprint density at radius 1 is 1.15 bits per heavy atom. The lowest BCUT2D eigenvalue weighted by Crippen LogP contribution is -2.28. The molecule has 0 aromatic heterocycles. The van der Waals surface area contributed by atoms with Crippen molar-refractivity contribution in [3.05, 3.63) is 59.2 Å². The molecule has 0 saturated carbocycles. The van der Waals surface area contributed by atoms with Crippen molar-refractivity contribution >= 4 is 11.8 Å². The van der Waals surface area contributed by atoms with E-state index in [1.165, 1.54) is 21.6 Å². The Kier molecular flexibility index (Phi) is 3.96. The van der Waals surface area contributed by atoms with Crippen LogP contribution >= 0.6 is 11.8 Å². The number of ether oxygens (including phenoxy) is 1. The molecule has 1 aliphatic rings. The van der Waals surface area contributed by atoms with Crippen molar-refractivity contribution in [1.82, 2.24) is 5.43 Å². The Hall–Kier alpha value is -1.49. The quantitative estimate of drug-likeness (QED) is 0.515. The van der Waals surface area contributed by atoms with Crippen LogP contribution in [0.1, 0.15) is 22.7 Å². The molecule has 0 amide bonds. The van der Waals surface area contributed by atoms with E-state index in [2.05, 4.69) is 48.1 Å². The number of rotatable bonds is 4. The van der Waals surface area contributed by atoms with E-state index in [1.807, 2.05) is 6.07 Å². The number of nitrogens with one attached hydrogen (secondary N) is 1. The maximum absolute atomic E-state index is 5.77. The molecule has 1 heterocycles. The topological polar surface area (TPSA) is 47.3 Å². The number of nitrogens with two attached hydrogens (primary N) is 1. The molecule has 0 spiro atoms. The third kappa shape index (κ3) is 2.54. The summed E-state index contributed by atoms with van der Waals surface area (Å²) in [5.74, 6) is 6.77. The predicted molar refractivity (Wildman–Crippen MR) is 83.0 cm³/mol. The molecular formula is C16H18N2OS. The Balaban J connectivity index is 1.92. The molecule has 1 unspecified atom stereocenters. The van der Waals surface area contributed by atoms with Crippen LogP contribution in [0.5, 0.6) is 5.75 Å². The van der Waals surface area contributed by atoms with Crippen LogP contribution in [-0.2, 0) is 6.42 Å². The summed E-state index contributed by atoms with van der Waals surface area (Å²) >= 11 is 1.74. The normalized spacial score (nSPS) is 14.7. The minimum atomic E-state index is 0.0109. The van der Waals surface area contributed by atoms with Gasteiger partial charge in [-0.3, -0.25) is 5.84 Å². The molecule has 3 rings (SSSR count). The molecule has 0 radical (unpaired) electrons. The van der Waals surface area contributed by atoms with Crippen LogP contribution in [-0.4, -0.2) is 12.9 Å². The van der Waals surface area contributed by atoms with Gasteiger partial charge in [0.2, 0.25) is 0 Å². The number of fused-ring (bicyclic) bond motifs is 1. The number of hydrogen-bond donors (Lipinski definition) is 2. The van der Waals surface area contributed by atoms with Gasteiger partial charge in [0.05, 0.1) is 12.6 Å². The third-order valence-electron chi connectivity index (χ3n) is 3.66. The molecule has 1 atom stereocenters. The van der Waals surface area contributed by atoms with Crippen LogP contribution in [0.3, 0.4) is 0 Å². The van der Waals surface area contributed by atoms with Crippen LogP contribution in [0.25, 0.3) is 0 Å². The summed E-state index contributed by atoms with van der Waals surface area (Å²) in [5.41, 5.74) is 6.53. The van der Waals surface area contributed by atoms with E-state index in [0.717, 1.165) is 18.8 Å². The summed E-state index contributed by atoms with van der Waals surface area (Å²) in [4.78, 5) is 1.26. The third-order valence-corrected chi connectivity index (χ3v) is 4.41. The summed E-state index contributed by atoms with van der Waals surface area (Å²) in [7, 11) is 0. The Labute approximate surface area is 123 Å². The predicted octanol–water partition coefficient (Wildman–Crippen LogP) is 2.90. The van der Waals surface area contributed by atoms with Gasteiger partial charge in [0.1, 0.15) is 5.75 Å². The van der Waals surface area contributed by atoms with Gasteiger partial charge in [0, 0.05) is 11.3 Å². The number of benzene rings is 2. The molecule has 20 heavy (non-hydrogen) atoms. The SMILES string of the molecule is CSc1ccc(C(NN)c2ccc3c(c2)CCO3)cc1. The van der Waals surface area contributed by atoms with Gasteiger partial charge in [-0.25, -0.2) is 5.43 Å². The van der Waals surface area contributed by atoms with Crippen molar-refractivity contribution in [1.29, 1.82) is 0 Å². The first-order valence-corrected chi connectivity index (χ1v) is 7.90. The highest BCUT2D eigenvalue weighted by Crippen LogP contribution is 2.30. The van der Waals surface area contributed by atoms with Crippen LogP contribution in [0.15, 0.2) is 47.4 Å². The summed E-state index contributed by atoms with van der Waals surface area (Å²) in [6.07, 6.45) is 3.06. The van der Waals surface area contributed by atoms with E-state index in [-0.39, 0.29) is 6.04 Å². The maximum atomic E-state index is 5.77. The zero-order chi connectivity index (χ0) is 13.9. The lowest BCUT2D eigenvalue weighted by Gasteiger charge is -2.18. The largest absolute Gasteiger partial charge is 0.493 e. The number of hydrogen-bond acceptors (Lipinski definition) is 4. The van der Waals surface area contributed by atoms with Gasteiger partial charge in [-0.2, -0.15) is 0 Å². The first kappa shape index (κ1) is 13.5. The van der Waals surface area contributed by atoms with E-state index in [1.54, 1.807) is 11.8 Å². The second kappa shape index (κ2) is 5.87. The fourth-order valence-corrected chi connectivity index (χ4v) is 2.98. The van der Waals surface area contributed by atoms with Crippen molar-refractivity contribution in [3.63, 3.8) is 0 Å². The summed E-state index contributed by atoms with van der Waals surface area (Å²) < 4.78 is 5.55. The van der Waals surface area contributed by atoms with E-state index >= 15 is 0 Å². The van der Waals surface area contributed by atoms with Crippen molar-refractivity contribution in [3.8, 4) is 5.75 Å². The molecule has 0 fully saturated rings. The van der Waals surface area contributed by atoms with Gasteiger partial charge in [-0.05, 0) is 41.1 Å². The highest BCUT2D eigenvalue weighted by molar-refractivity contribution is 7.98. The van der Waals surface area contributed by atoms with E-state index in [4.69, 9.17) is 10.6 Å². The first-order valence-electron chi connectivity index (χ1n) is 6.67. The summed E-state index contributed by atoms with van der Waals surface area (Å²) in [6.45, 7) is 0.780. The smallest absolute Gasteiger partial charge is 0.122 e. The molecule has 104 valence electrons. The molecule has 4 heteroatoms. The van der Waals surface area contributed by atoms with Crippen LogP contribution in [0.4, 0.5) is 0 Å². The van der Waals surface area contributed by atoms with Gasteiger partial charge in [0.25, 0.3) is 0 Å². The Bertz CT molecular complexity index is 598. The van der Waals surface area contributed by atoms with E-state index in [9.17, 15) is 0 Å².